The Bertz CT molecular complexity index is 847. The summed E-state index contributed by atoms with van der Waals surface area (Å²) >= 11 is 1.53. The van der Waals surface area contributed by atoms with Crippen molar-refractivity contribution < 1.29 is 9.53 Å². The third kappa shape index (κ3) is 3.45. The van der Waals surface area contributed by atoms with E-state index >= 15 is 0 Å². The van der Waals surface area contributed by atoms with Gasteiger partial charge in [0, 0.05) is 24.4 Å². The van der Waals surface area contributed by atoms with Crippen molar-refractivity contribution in [3.05, 3.63) is 46.0 Å². The normalized spacial score (nSPS) is 10.7. The van der Waals surface area contributed by atoms with E-state index in [-0.39, 0.29) is 5.91 Å². The lowest BCUT2D eigenvalue weighted by atomic mass is 10.1. The predicted octanol–water partition coefficient (Wildman–Crippen LogP) is 2.38. The largest absolute Gasteiger partial charge is 0.496 e. The summed E-state index contributed by atoms with van der Waals surface area (Å²) in [6, 6.07) is 9.23. The van der Waals surface area contributed by atoms with Gasteiger partial charge in [-0.1, -0.05) is 12.1 Å². The fourth-order valence-electron chi connectivity index (χ4n) is 2.24. The molecule has 0 fully saturated rings. The molecule has 7 heteroatoms. The highest BCUT2D eigenvalue weighted by atomic mass is 32.1. The molecule has 23 heavy (non-hydrogen) atoms. The molecule has 1 amide bonds. The number of carbonyl (C=O) groups is 1. The second-order valence-electron chi connectivity index (χ2n) is 4.95. The first kappa shape index (κ1) is 15.4. The van der Waals surface area contributed by atoms with E-state index < -0.39 is 0 Å². The van der Waals surface area contributed by atoms with Crippen molar-refractivity contribution in [2.75, 3.05) is 13.7 Å². The number of aromatic nitrogens is 3. The van der Waals surface area contributed by atoms with Gasteiger partial charge in [0.25, 0.3) is 5.91 Å². The summed E-state index contributed by atoms with van der Waals surface area (Å²) in [5.41, 5.74) is 1.07. The highest BCUT2D eigenvalue weighted by Gasteiger charge is 2.12. The molecule has 1 aromatic carbocycles. The van der Waals surface area contributed by atoms with Crippen molar-refractivity contribution in [3.63, 3.8) is 0 Å². The van der Waals surface area contributed by atoms with E-state index in [2.05, 4.69) is 20.5 Å². The lowest BCUT2D eigenvalue weighted by Crippen LogP contribution is -2.26. The van der Waals surface area contributed by atoms with Gasteiger partial charge in [-0.2, -0.15) is 0 Å². The van der Waals surface area contributed by atoms with Crippen LogP contribution in [0.15, 0.2) is 30.3 Å². The molecule has 0 aliphatic carbocycles. The number of benzene rings is 1. The number of amides is 1. The monoisotopic (exact) mass is 328 g/mol. The van der Waals surface area contributed by atoms with Crippen LogP contribution >= 0.6 is 11.3 Å². The van der Waals surface area contributed by atoms with E-state index in [1.807, 2.05) is 31.2 Å². The summed E-state index contributed by atoms with van der Waals surface area (Å²) in [4.78, 5) is 16.7. The lowest BCUT2D eigenvalue weighted by Gasteiger charge is -2.08. The standard InChI is InChI=1S/C16H16N4O2S/c1-10-19-20-15(23-10)7-8-17-16(21)13-9-14(22-2)11-5-3-4-6-12(11)18-13/h3-6,9H,7-8H2,1-2H3,(H,17,21). The van der Waals surface area contributed by atoms with Crippen LogP contribution in [-0.2, 0) is 6.42 Å². The zero-order valence-corrected chi connectivity index (χ0v) is 13.7. The highest BCUT2D eigenvalue weighted by Crippen LogP contribution is 2.24. The number of fused-ring (bicyclic) bond motifs is 1. The topological polar surface area (TPSA) is 77.0 Å². The Morgan fingerprint density at radius 2 is 2.13 bits per heavy atom. The van der Waals surface area contributed by atoms with Crippen molar-refractivity contribution in [3.8, 4) is 5.75 Å². The molecule has 3 rings (SSSR count). The molecule has 2 aromatic heterocycles. The van der Waals surface area contributed by atoms with Gasteiger partial charge < -0.3 is 10.1 Å². The molecule has 0 unspecified atom stereocenters. The Morgan fingerprint density at radius 3 is 2.87 bits per heavy atom. The van der Waals surface area contributed by atoms with Crippen LogP contribution in [-0.4, -0.2) is 34.7 Å². The lowest BCUT2D eigenvalue weighted by molar-refractivity contribution is 0.0949. The Morgan fingerprint density at radius 1 is 1.30 bits per heavy atom. The fourth-order valence-corrected chi connectivity index (χ4v) is 2.95. The zero-order chi connectivity index (χ0) is 16.2. The molecule has 2 heterocycles. The zero-order valence-electron chi connectivity index (χ0n) is 12.9. The molecule has 0 radical (unpaired) electrons. The summed E-state index contributed by atoms with van der Waals surface area (Å²) in [6.07, 6.45) is 0.655. The summed E-state index contributed by atoms with van der Waals surface area (Å²) in [5, 5.41) is 13.6. The maximum Gasteiger partial charge on any atom is 0.270 e. The van der Waals surface area contributed by atoms with Crippen molar-refractivity contribution in [1.82, 2.24) is 20.5 Å². The van der Waals surface area contributed by atoms with E-state index in [1.54, 1.807) is 13.2 Å². The molecular formula is C16H16N4O2S. The molecule has 0 aliphatic rings. The molecule has 0 saturated carbocycles. The molecule has 0 saturated heterocycles. The van der Waals surface area contributed by atoms with Crippen LogP contribution in [0.4, 0.5) is 0 Å². The molecule has 1 N–H and O–H groups in total. The number of hydrogen-bond donors (Lipinski definition) is 1. The molecule has 0 atom stereocenters. The van der Waals surface area contributed by atoms with E-state index in [1.165, 1.54) is 11.3 Å². The maximum absolute atomic E-state index is 12.3. The van der Waals surface area contributed by atoms with Gasteiger partial charge in [0.2, 0.25) is 0 Å². The van der Waals surface area contributed by atoms with Crippen molar-refractivity contribution in [2.24, 2.45) is 0 Å². The van der Waals surface area contributed by atoms with Crippen LogP contribution in [0.5, 0.6) is 5.75 Å². The Balaban J connectivity index is 1.72. The minimum absolute atomic E-state index is 0.227. The smallest absolute Gasteiger partial charge is 0.270 e. The molecular weight excluding hydrogens is 312 g/mol. The third-order valence-electron chi connectivity index (χ3n) is 3.32. The first-order valence-electron chi connectivity index (χ1n) is 7.18. The number of pyridine rings is 1. The van der Waals surface area contributed by atoms with Gasteiger partial charge in [0.15, 0.2) is 0 Å². The van der Waals surface area contributed by atoms with E-state index in [0.29, 0.717) is 24.4 Å². The highest BCUT2D eigenvalue weighted by molar-refractivity contribution is 7.11. The van der Waals surface area contributed by atoms with Crippen LogP contribution < -0.4 is 10.1 Å². The van der Waals surface area contributed by atoms with Gasteiger partial charge in [0.05, 0.1) is 12.6 Å². The van der Waals surface area contributed by atoms with Gasteiger partial charge in [-0.05, 0) is 19.1 Å². The van der Waals surface area contributed by atoms with Crippen LogP contribution in [0.2, 0.25) is 0 Å². The number of hydrogen-bond acceptors (Lipinski definition) is 6. The van der Waals surface area contributed by atoms with Crippen molar-refractivity contribution in [2.45, 2.75) is 13.3 Å². The molecule has 0 bridgehead atoms. The average Bonchev–Trinajstić information content (AvgIpc) is 2.99. The first-order chi connectivity index (χ1) is 11.2. The Kier molecular flexibility index (Phi) is 4.47. The van der Waals surface area contributed by atoms with Gasteiger partial charge in [-0.15, -0.1) is 21.5 Å². The van der Waals surface area contributed by atoms with Gasteiger partial charge in [-0.3, -0.25) is 4.79 Å². The molecule has 0 aliphatic heterocycles. The van der Waals surface area contributed by atoms with Crippen LogP contribution in [0.1, 0.15) is 20.5 Å². The SMILES string of the molecule is COc1cc(C(=O)NCCc2nnc(C)s2)nc2ccccc12. The molecule has 3 aromatic rings. The number of ether oxygens (including phenoxy) is 1. The second-order valence-corrected chi connectivity index (χ2v) is 6.21. The number of para-hydroxylation sites is 1. The Labute approximate surface area is 137 Å². The third-order valence-corrected chi connectivity index (χ3v) is 4.22. The molecule has 6 nitrogen and oxygen atoms in total. The first-order valence-corrected chi connectivity index (χ1v) is 8.00. The van der Waals surface area contributed by atoms with Crippen molar-refractivity contribution in [1.29, 1.82) is 0 Å². The quantitative estimate of drug-likeness (QED) is 0.778. The van der Waals surface area contributed by atoms with E-state index in [0.717, 1.165) is 20.9 Å². The van der Waals surface area contributed by atoms with E-state index in [4.69, 9.17) is 4.74 Å². The summed E-state index contributed by atoms with van der Waals surface area (Å²) in [6.45, 7) is 2.40. The number of carbonyl (C=O) groups excluding carboxylic acids is 1. The minimum atomic E-state index is -0.227. The number of methoxy groups -OCH3 is 1. The minimum Gasteiger partial charge on any atom is -0.496 e. The maximum atomic E-state index is 12.3. The van der Waals surface area contributed by atoms with Gasteiger partial charge >= 0.3 is 0 Å². The van der Waals surface area contributed by atoms with Crippen LogP contribution in [0.3, 0.4) is 0 Å². The average molecular weight is 328 g/mol. The number of nitrogens with zero attached hydrogens (tertiary/aromatic N) is 3. The molecule has 0 spiro atoms. The Hall–Kier alpha value is -2.54. The number of aryl methyl sites for hydroxylation is 1. The predicted molar refractivity (Wildman–Crippen MR) is 89.0 cm³/mol. The second kappa shape index (κ2) is 6.70. The molecule has 118 valence electrons. The van der Waals surface area contributed by atoms with Gasteiger partial charge in [-0.25, -0.2) is 4.98 Å². The number of rotatable bonds is 5. The van der Waals surface area contributed by atoms with E-state index in [9.17, 15) is 4.79 Å². The summed E-state index contributed by atoms with van der Waals surface area (Å²) in [7, 11) is 1.58. The number of nitrogens with one attached hydrogen (secondary N) is 1. The summed E-state index contributed by atoms with van der Waals surface area (Å²) in [5.74, 6) is 0.413. The van der Waals surface area contributed by atoms with Crippen LogP contribution in [0, 0.1) is 6.92 Å². The van der Waals surface area contributed by atoms with Crippen LogP contribution in [0.25, 0.3) is 10.9 Å². The van der Waals surface area contributed by atoms with Gasteiger partial charge in [0.1, 0.15) is 21.5 Å². The summed E-state index contributed by atoms with van der Waals surface area (Å²) < 4.78 is 5.36. The van der Waals surface area contributed by atoms with Crippen molar-refractivity contribution >= 4 is 28.1 Å². The fraction of sp³-hybridized carbons (Fsp3) is 0.250.